The standard InChI is InChI=1S/C14H20Cl2N2O2/c1-14(2,9-19)6-3-7-17-13(20)18-12-8-10(15)4-5-11(12)16/h4-5,8,19H,3,6-7,9H2,1-2H3,(H2,17,18,20). The largest absolute Gasteiger partial charge is 0.396 e. The highest BCUT2D eigenvalue weighted by Crippen LogP contribution is 2.25. The highest BCUT2D eigenvalue weighted by molar-refractivity contribution is 6.35. The SMILES string of the molecule is CC(C)(CO)CCCNC(=O)Nc1cc(Cl)ccc1Cl. The fourth-order valence-electron chi connectivity index (χ4n) is 1.61. The van der Waals surface area contributed by atoms with Crippen LogP contribution in [0.1, 0.15) is 26.7 Å². The molecule has 2 amide bonds. The molecule has 0 spiro atoms. The van der Waals surface area contributed by atoms with Crippen molar-refractivity contribution in [1.82, 2.24) is 5.32 Å². The van der Waals surface area contributed by atoms with Crippen molar-refractivity contribution in [3.63, 3.8) is 0 Å². The smallest absolute Gasteiger partial charge is 0.319 e. The van der Waals surface area contributed by atoms with Gasteiger partial charge in [0.15, 0.2) is 0 Å². The molecular weight excluding hydrogens is 299 g/mol. The lowest BCUT2D eigenvalue weighted by Crippen LogP contribution is -2.30. The predicted octanol–water partition coefficient (Wildman–Crippen LogP) is 3.91. The van der Waals surface area contributed by atoms with Gasteiger partial charge in [-0.05, 0) is 36.5 Å². The number of aliphatic hydroxyl groups is 1. The van der Waals surface area contributed by atoms with Crippen molar-refractivity contribution in [2.75, 3.05) is 18.5 Å². The summed E-state index contributed by atoms with van der Waals surface area (Å²) in [5, 5.41) is 15.5. The van der Waals surface area contributed by atoms with Crippen LogP contribution in [0.15, 0.2) is 18.2 Å². The van der Waals surface area contributed by atoms with Crippen LogP contribution >= 0.6 is 23.2 Å². The van der Waals surface area contributed by atoms with Gasteiger partial charge in [-0.15, -0.1) is 0 Å². The van der Waals surface area contributed by atoms with Gasteiger partial charge in [0, 0.05) is 18.2 Å². The zero-order chi connectivity index (χ0) is 15.2. The van der Waals surface area contributed by atoms with E-state index >= 15 is 0 Å². The van der Waals surface area contributed by atoms with Gasteiger partial charge in [0.05, 0.1) is 10.7 Å². The third-order valence-corrected chi connectivity index (χ3v) is 3.49. The van der Waals surface area contributed by atoms with Crippen molar-refractivity contribution >= 4 is 34.9 Å². The summed E-state index contributed by atoms with van der Waals surface area (Å²) in [6, 6.07) is 4.56. The molecule has 0 aliphatic rings. The summed E-state index contributed by atoms with van der Waals surface area (Å²) in [4.78, 5) is 11.7. The summed E-state index contributed by atoms with van der Waals surface area (Å²) in [5.74, 6) is 0. The number of carbonyl (C=O) groups is 1. The maximum Gasteiger partial charge on any atom is 0.319 e. The van der Waals surface area contributed by atoms with Crippen LogP contribution in [-0.2, 0) is 0 Å². The normalized spacial score (nSPS) is 11.2. The molecule has 0 saturated heterocycles. The number of anilines is 1. The lowest BCUT2D eigenvalue weighted by molar-refractivity contribution is 0.148. The van der Waals surface area contributed by atoms with Gasteiger partial charge < -0.3 is 15.7 Å². The Morgan fingerprint density at radius 3 is 2.70 bits per heavy atom. The number of rotatable bonds is 6. The minimum atomic E-state index is -0.323. The molecule has 0 fully saturated rings. The Balaban J connectivity index is 2.36. The predicted molar refractivity (Wildman–Crippen MR) is 83.6 cm³/mol. The first-order valence-electron chi connectivity index (χ1n) is 6.45. The Hall–Kier alpha value is -0.970. The molecule has 0 radical (unpaired) electrons. The Bertz CT molecular complexity index is 464. The second-order valence-corrected chi connectivity index (χ2v) is 6.27. The molecule has 20 heavy (non-hydrogen) atoms. The van der Waals surface area contributed by atoms with Gasteiger partial charge in [0.2, 0.25) is 0 Å². The number of benzene rings is 1. The van der Waals surface area contributed by atoms with E-state index in [1.54, 1.807) is 18.2 Å². The number of nitrogens with one attached hydrogen (secondary N) is 2. The fraction of sp³-hybridized carbons (Fsp3) is 0.500. The molecule has 1 aromatic rings. The quantitative estimate of drug-likeness (QED) is 0.696. The van der Waals surface area contributed by atoms with E-state index in [2.05, 4.69) is 10.6 Å². The van der Waals surface area contributed by atoms with Crippen molar-refractivity contribution in [3.8, 4) is 0 Å². The minimum absolute atomic E-state index is 0.117. The summed E-state index contributed by atoms with van der Waals surface area (Å²) in [6.45, 7) is 4.64. The zero-order valence-electron chi connectivity index (χ0n) is 11.7. The zero-order valence-corrected chi connectivity index (χ0v) is 13.2. The van der Waals surface area contributed by atoms with Crippen LogP contribution in [0.5, 0.6) is 0 Å². The molecule has 6 heteroatoms. The highest BCUT2D eigenvalue weighted by Gasteiger charge is 2.15. The summed E-state index contributed by atoms with van der Waals surface area (Å²) in [5.41, 5.74) is 0.362. The Kier molecular flexibility index (Phi) is 6.59. The lowest BCUT2D eigenvalue weighted by Gasteiger charge is -2.21. The van der Waals surface area contributed by atoms with E-state index in [0.29, 0.717) is 22.3 Å². The van der Waals surface area contributed by atoms with Crippen LogP contribution in [-0.4, -0.2) is 24.3 Å². The molecule has 1 rings (SSSR count). The average Bonchev–Trinajstić information content (AvgIpc) is 2.39. The molecule has 0 aliphatic carbocycles. The van der Waals surface area contributed by atoms with E-state index in [1.807, 2.05) is 13.8 Å². The molecule has 4 nitrogen and oxygen atoms in total. The van der Waals surface area contributed by atoms with Gasteiger partial charge in [-0.1, -0.05) is 37.0 Å². The molecule has 3 N–H and O–H groups in total. The molecule has 0 saturated carbocycles. The summed E-state index contributed by atoms with van der Waals surface area (Å²) < 4.78 is 0. The van der Waals surface area contributed by atoms with Crippen LogP contribution < -0.4 is 10.6 Å². The fourth-order valence-corrected chi connectivity index (χ4v) is 1.94. The van der Waals surface area contributed by atoms with Gasteiger partial charge in [0.25, 0.3) is 0 Å². The van der Waals surface area contributed by atoms with Gasteiger partial charge in [-0.25, -0.2) is 4.79 Å². The first kappa shape index (κ1) is 17.1. The van der Waals surface area contributed by atoms with Crippen molar-refractivity contribution in [1.29, 1.82) is 0 Å². The van der Waals surface area contributed by atoms with Gasteiger partial charge in [-0.2, -0.15) is 0 Å². The Morgan fingerprint density at radius 2 is 2.05 bits per heavy atom. The van der Waals surface area contributed by atoms with Gasteiger partial charge >= 0.3 is 6.03 Å². The number of hydrogen-bond donors (Lipinski definition) is 3. The van der Waals surface area contributed by atoms with Gasteiger partial charge in [-0.3, -0.25) is 0 Å². The molecule has 0 bridgehead atoms. The summed E-state index contributed by atoms with van der Waals surface area (Å²) in [7, 11) is 0. The number of hydrogen-bond acceptors (Lipinski definition) is 2. The molecule has 1 aromatic carbocycles. The molecule has 0 aromatic heterocycles. The van der Waals surface area contributed by atoms with Crippen LogP contribution in [0.4, 0.5) is 10.5 Å². The van der Waals surface area contributed by atoms with Crippen molar-refractivity contribution in [3.05, 3.63) is 28.2 Å². The van der Waals surface area contributed by atoms with Crippen LogP contribution in [0.3, 0.4) is 0 Å². The molecule has 112 valence electrons. The monoisotopic (exact) mass is 318 g/mol. The first-order chi connectivity index (χ1) is 9.34. The number of aliphatic hydroxyl groups excluding tert-OH is 1. The van der Waals surface area contributed by atoms with E-state index in [9.17, 15) is 4.79 Å². The average molecular weight is 319 g/mol. The van der Waals surface area contributed by atoms with E-state index in [-0.39, 0.29) is 18.1 Å². The third kappa shape index (κ3) is 5.99. The van der Waals surface area contributed by atoms with E-state index < -0.39 is 0 Å². The minimum Gasteiger partial charge on any atom is -0.396 e. The summed E-state index contributed by atoms with van der Waals surface area (Å²) >= 11 is 11.8. The Labute approximate surface area is 129 Å². The van der Waals surface area contributed by atoms with Crippen LogP contribution in [0.25, 0.3) is 0 Å². The third-order valence-electron chi connectivity index (χ3n) is 2.92. The van der Waals surface area contributed by atoms with E-state index in [0.717, 1.165) is 12.8 Å². The topological polar surface area (TPSA) is 61.4 Å². The van der Waals surface area contributed by atoms with Crippen molar-refractivity contribution < 1.29 is 9.90 Å². The molecule has 0 heterocycles. The molecule has 0 atom stereocenters. The number of carbonyl (C=O) groups excluding carboxylic acids is 1. The maximum absolute atomic E-state index is 11.7. The molecule has 0 aliphatic heterocycles. The second kappa shape index (κ2) is 7.72. The number of amides is 2. The van der Waals surface area contributed by atoms with Crippen molar-refractivity contribution in [2.24, 2.45) is 5.41 Å². The summed E-state index contributed by atoms with van der Waals surface area (Å²) in [6.07, 6.45) is 1.63. The van der Waals surface area contributed by atoms with E-state index in [4.69, 9.17) is 28.3 Å². The lowest BCUT2D eigenvalue weighted by atomic mass is 9.89. The number of halogens is 2. The van der Waals surface area contributed by atoms with Crippen LogP contribution in [0.2, 0.25) is 10.0 Å². The molecule has 0 unspecified atom stereocenters. The first-order valence-corrected chi connectivity index (χ1v) is 7.20. The molecular formula is C14H20Cl2N2O2. The highest BCUT2D eigenvalue weighted by atomic mass is 35.5. The second-order valence-electron chi connectivity index (χ2n) is 5.43. The van der Waals surface area contributed by atoms with Gasteiger partial charge in [0.1, 0.15) is 0 Å². The van der Waals surface area contributed by atoms with Crippen molar-refractivity contribution in [2.45, 2.75) is 26.7 Å². The van der Waals surface area contributed by atoms with Crippen LogP contribution in [0, 0.1) is 5.41 Å². The number of urea groups is 1. The Morgan fingerprint density at radius 1 is 1.35 bits per heavy atom. The maximum atomic E-state index is 11.7. The van der Waals surface area contributed by atoms with E-state index in [1.165, 1.54) is 0 Å².